The Hall–Kier alpha value is -1.63. The molecule has 0 bridgehead atoms. The Kier molecular flexibility index (Phi) is 5.23. The van der Waals surface area contributed by atoms with Gasteiger partial charge in [-0.05, 0) is 31.7 Å². The number of nitrogens with two attached hydrogens (primary N) is 1. The Balaban J connectivity index is 2.65. The summed E-state index contributed by atoms with van der Waals surface area (Å²) in [7, 11) is 0. The molecule has 5 N–H and O–H groups in total. The third kappa shape index (κ3) is 5.56. The first-order chi connectivity index (χ1) is 10.2. The van der Waals surface area contributed by atoms with Gasteiger partial charge in [0, 0.05) is 2.74 Å². The molecule has 1 aliphatic rings. The van der Waals surface area contributed by atoms with Crippen molar-refractivity contribution in [2.75, 3.05) is 13.1 Å². The molecule has 20 heavy (non-hydrogen) atoms. The van der Waals surface area contributed by atoms with Crippen LogP contribution in [0.4, 0.5) is 0 Å². The summed E-state index contributed by atoms with van der Waals surface area (Å²) in [6, 6.07) is -1.60. The second-order valence-corrected chi connectivity index (χ2v) is 5.19. The second kappa shape index (κ2) is 7.84. The molecule has 0 aromatic heterocycles. The molecule has 1 saturated heterocycles. The number of hydrogen-bond donors (Lipinski definition) is 4. The smallest absolute Gasteiger partial charge is 0.243 e. The van der Waals surface area contributed by atoms with Crippen molar-refractivity contribution in [3.63, 3.8) is 0 Å². The highest BCUT2D eigenvalue weighted by Gasteiger charge is 2.27. The largest absolute Gasteiger partial charge is 0.368 e. The Morgan fingerprint density at radius 3 is 2.65 bits per heavy atom. The van der Waals surface area contributed by atoms with E-state index < -0.39 is 42.6 Å². The molecule has 4 atom stereocenters. The van der Waals surface area contributed by atoms with Crippen molar-refractivity contribution >= 4 is 17.7 Å². The van der Waals surface area contributed by atoms with Gasteiger partial charge in [0.2, 0.25) is 17.7 Å². The first kappa shape index (κ1) is 13.4. The fraction of sp³-hybridized carbons (Fsp3) is 0.769. The third-order valence-electron chi connectivity index (χ3n) is 2.84. The van der Waals surface area contributed by atoms with E-state index in [2.05, 4.69) is 16.0 Å². The van der Waals surface area contributed by atoms with Gasteiger partial charge in [0.1, 0.15) is 6.04 Å². The Bertz CT molecular complexity index is 434. The van der Waals surface area contributed by atoms with Gasteiger partial charge < -0.3 is 21.7 Å². The van der Waals surface area contributed by atoms with Crippen molar-refractivity contribution in [3.8, 4) is 0 Å². The Morgan fingerprint density at radius 1 is 1.45 bits per heavy atom. The summed E-state index contributed by atoms with van der Waals surface area (Å²) in [5.41, 5.74) is 4.98. The summed E-state index contributed by atoms with van der Waals surface area (Å²) in [6.45, 7) is 3.79. The lowest BCUT2D eigenvalue weighted by atomic mass is 10.0. The molecule has 1 aliphatic heterocycles. The number of rotatable bonds is 7. The summed E-state index contributed by atoms with van der Waals surface area (Å²) in [5, 5.41) is 7.78. The van der Waals surface area contributed by atoms with Gasteiger partial charge in [0.25, 0.3) is 0 Å². The first-order valence-corrected chi connectivity index (χ1v) is 6.66. The molecule has 3 amide bonds. The maximum Gasteiger partial charge on any atom is 0.243 e. The lowest BCUT2D eigenvalue weighted by molar-refractivity contribution is -0.131. The van der Waals surface area contributed by atoms with E-state index in [0.29, 0.717) is 6.42 Å². The monoisotopic (exact) mass is 286 g/mol. The topological polar surface area (TPSA) is 113 Å². The van der Waals surface area contributed by atoms with E-state index in [9.17, 15) is 14.4 Å². The first-order valence-electron chi connectivity index (χ1n) is 7.82. The minimum absolute atomic E-state index is 0.150. The minimum atomic E-state index is -0.867. The van der Waals surface area contributed by atoms with Gasteiger partial charge in [-0.25, -0.2) is 0 Å². The van der Waals surface area contributed by atoms with Gasteiger partial charge in [-0.1, -0.05) is 13.8 Å². The summed E-state index contributed by atoms with van der Waals surface area (Å²) in [6.07, 6.45) is -1.13. The summed E-state index contributed by atoms with van der Waals surface area (Å²) in [5.74, 6) is -1.47. The van der Waals surface area contributed by atoms with Gasteiger partial charge in [-0.15, -0.1) is 0 Å². The van der Waals surface area contributed by atoms with Crippen LogP contribution in [0, 0.1) is 5.92 Å². The van der Waals surface area contributed by atoms with Gasteiger partial charge in [-0.2, -0.15) is 0 Å². The predicted octanol–water partition coefficient (Wildman–Crippen LogP) is -1.13. The molecular weight excluding hydrogens is 260 g/mol. The normalized spacial score (nSPS) is 28.4. The van der Waals surface area contributed by atoms with Crippen molar-refractivity contribution in [1.29, 1.82) is 0 Å². The molecular formula is C13H24N4O3. The van der Waals surface area contributed by atoms with E-state index in [1.165, 1.54) is 0 Å². The molecule has 114 valence electrons. The zero-order chi connectivity index (χ0) is 16.9. The van der Waals surface area contributed by atoms with Gasteiger partial charge in [0.05, 0.1) is 12.6 Å². The highest BCUT2D eigenvalue weighted by Crippen LogP contribution is 2.08. The lowest BCUT2D eigenvalue weighted by Crippen LogP contribution is -2.52. The standard InChI is InChI=1S/C13H24N4O3/c1-8(2)6-10(12(19)16-7-11(14)18)17-13(20)9-4-3-5-15-9/h8-10,15H,3-7H2,1-2H3,(H2,14,18)(H,16,19)(H,17,20)/t9-,10-/m0/s1/i3D,4D/t3?,4?,9-,10-. The number of amides is 3. The van der Waals surface area contributed by atoms with Crippen LogP contribution in [0.2, 0.25) is 0 Å². The maximum absolute atomic E-state index is 12.2. The van der Waals surface area contributed by atoms with E-state index >= 15 is 0 Å². The van der Waals surface area contributed by atoms with Crippen LogP contribution in [-0.2, 0) is 14.4 Å². The molecule has 2 unspecified atom stereocenters. The van der Waals surface area contributed by atoms with Crippen molar-refractivity contribution in [3.05, 3.63) is 0 Å². The molecule has 7 nitrogen and oxygen atoms in total. The highest BCUT2D eigenvalue weighted by atomic mass is 16.2. The average molecular weight is 286 g/mol. The van der Waals surface area contributed by atoms with Crippen LogP contribution < -0.4 is 21.7 Å². The molecule has 1 fully saturated rings. The van der Waals surface area contributed by atoms with Gasteiger partial charge in [0.15, 0.2) is 0 Å². The summed E-state index contributed by atoms with van der Waals surface area (Å²) >= 11 is 0. The van der Waals surface area contributed by atoms with Gasteiger partial charge >= 0.3 is 0 Å². The number of carbonyl (C=O) groups excluding carboxylic acids is 3. The van der Waals surface area contributed by atoms with Crippen molar-refractivity contribution in [2.45, 2.75) is 45.1 Å². The molecule has 7 heteroatoms. The summed E-state index contributed by atoms with van der Waals surface area (Å²) < 4.78 is 15.4. The van der Waals surface area contributed by atoms with E-state index in [0.717, 1.165) is 0 Å². The molecule has 1 rings (SSSR count). The van der Waals surface area contributed by atoms with Gasteiger partial charge in [-0.3, -0.25) is 14.4 Å². The molecule has 0 aliphatic carbocycles. The Morgan fingerprint density at radius 2 is 2.15 bits per heavy atom. The summed E-state index contributed by atoms with van der Waals surface area (Å²) in [4.78, 5) is 35.0. The van der Waals surface area contributed by atoms with E-state index in [1.54, 1.807) is 0 Å². The van der Waals surface area contributed by atoms with Crippen LogP contribution in [0.1, 0.15) is 35.8 Å². The fourth-order valence-corrected chi connectivity index (χ4v) is 1.91. The fourth-order valence-electron chi connectivity index (χ4n) is 1.91. The average Bonchev–Trinajstić information content (AvgIpc) is 2.75. The molecule has 0 spiro atoms. The van der Waals surface area contributed by atoms with Crippen molar-refractivity contribution in [2.24, 2.45) is 11.7 Å². The van der Waals surface area contributed by atoms with E-state index in [-0.39, 0.29) is 19.0 Å². The van der Waals surface area contributed by atoms with E-state index in [4.69, 9.17) is 8.48 Å². The third-order valence-corrected chi connectivity index (χ3v) is 2.84. The van der Waals surface area contributed by atoms with E-state index in [1.807, 2.05) is 13.8 Å². The number of carbonyl (C=O) groups is 3. The molecule has 0 aromatic rings. The van der Waals surface area contributed by atoms with Crippen molar-refractivity contribution < 1.29 is 17.1 Å². The molecule has 1 heterocycles. The SMILES string of the molecule is [2H]C1CN[C@H](C(=O)N[C@@H](CC(C)C)C(=O)NCC(N)=O)C1[2H]. The van der Waals surface area contributed by atoms with Crippen LogP contribution in [0.3, 0.4) is 0 Å². The molecule has 0 aromatic carbocycles. The van der Waals surface area contributed by atoms with Crippen LogP contribution in [0.15, 0.2) is 0 Å². The Labute approximate surface area is 121 Å². The number of primary amides is 1. The molecule has 0 radical (unpaired) electrons. The minimum Gasteiger partial charge on any atom is -0.368 e. The van der Waals surface area contributed by atoms with Crippen LogP contribution in [-0.4, -0.2) is 42.9 Å². The number of hydrogen-bond acceptors (Lipinski definition) is 4. The highest BCUT2D eigenvalue weighted by molar-refractivity contribution is 5.91. The lowest BCUT2D eigenvalue weighted by Gasteiger charge is -2.21. The van der Waals surface area contributed by atoms with Crippen LogP contribution in [0.5, 0.6) is 0 Å². The van der Waals surface area contributed by atoms with Crippen LogP contribution >= 0.6 is 0 Å². The second-order valence-electron chi connectivity index (χ2n) is 5.19. The number of nitrogens with one attached hydrogen (secondary N) is 3. The quantitative estimate of drug-likeness (QED) is 0.474. The van der Waals surface area contributed by atoms with Crippen molar-refractivity contribution in [1.82, 2.24) is 16.0 Å². The zero-order valence-corrected chi connectivity index (χ0v) is 11.8. The molecule has 0 saturated carbocycles. The zero-order valence-electron chi connectivity index (χ0n) is 13.8. The predicted molar refractivity (Wildman–Crippen MR) is 74.6 cm³/mol. The maximum atomic E-state index is 12.2. The van der Waals surface area contributed by atoms with Crippen LogP contribution in [0.25, 0.3) is 0 Å².